The van der Waals surface area contributed by atoms with Gasteiger partial charge in [-0.3, -0.25) is 14.9 Å². The number of oxazole rings is 1. The quantitative estimate of drug-likeness (QED) is 0.516. The van der Waals surface area contributed by atoms with Crippen molar-refractivity contribution in [1.82, 2.24) is 20.5 Å². The number of amides is 4. The highest BCUT2D eigenvalue weighted by Crippen LogP contribution is 2.36. The number of carbonyl (C=O) groups is 3. The second-order valence-corrected chi connectivity index (χ2v) is 7.92. The highest BCUT2D eigenvalue weighted by atomic mass is 19.1. The third-order valence-electron chi connectivity index (χ3n) is 5.88. The summed E-state index contributed by atoms with van der Waals surface area (Å²) < 4.78 is 37.8. The van der Waals surface area contributed by atoms with Crippen LogP contribution in [0, 0.1) is 5.82 Å². The van der Waals surface area contributed by atoms with Gasteiger partial charge >= 0.3 is 6.03 Å². The number of ether oxygens (including phenoxy) is 1. The van der Waals surface area contributed by atoms with Crippen molar-refractivity contribution in [2.75, 3.05) is 6.54 Å². The maximum absolute atomic E-state index is 13.7. The number of rotatable bonds is 7. The van der Waals surface area contributed by atoms with Gasteiger partial charge in [-0.05, 0) is 23.8 Å². The van der Waals surface area contributed by atoms with E-state index in [4.69, 9.17) is 9.15 Å². The zero-order valence-electron chi connectivity index (χ0n) is 17.6. The van der Waals surface area contributed by atoms with Crippen LogP contribution < -0.4 is 15.4 Å². The number of alkyl halides is 1. The van der Waals surface area contributed by atoms with Crippen molar-refractivity contribution in [2.24, 2.45) is 0 Å². The molecule has 174 valence electrons. The molecule has 0 saturated carbocycles. The second-order valence-electron chi connectivity index (χ2n) is 7.92. The molecule has 2 aliphatic rings. The van der Waals surface area contributed by atoms with Gasteiger partial charge in [-0.2, -0.15) is 0 Å². The predicted molar refractivity (Wildman–Crippen MR) is 112 cm³/mol. The van der Waals surface area contributed by atoms with Crippen molar-refractivity contribution in [2.45, 2.75) is 25.4 Å². The first kappa shape index (κ1) is 21.6. The summed E-state index contributed by atoms with van der Waals surface area (Å²) in [6.07, 6.45) is 1.10. The first-order valence-corrected chi connectivity index (χ1v) is 10.3. The predicted octanol–water partition coefficient (Wildman–Crippen LogP) is 2.55. The summed E-state index contributed by atoms with van der Waals surface area (Å²) >= 11 is 0. The molecular formula is C23H18F2N4O5. The van der Waals surface area contributed by atoms with E-state index in [-0.39, 0.29) is 48.0 Å². The molecule has 1 fully saturated rings. The summed E-state index contributed by atoms with van der Waals surface area (Å²) in [7, 11) is 0. The van der Waals surface area contributed by atoms with Crippen LogP contribution in [0.4, 0.5) is 13.6 Å². The number of para-hydroxylation sites is 1. The van der Waals surface area contributed by atoms with Crippen molar-refractivity contribution in [3.63, 3.8) is 0 Å². The number of hydrogen-bond acceptors (Lipinski definition) is 6. The van der Waals surface area contributed by atoms with Crippen LogP contribution in [-0.4, -0.2) is 34.3 Å². The van der Waals surface area contributed by atoms with Gasteiger partial charge in [0.15, 0.2) is 17.7 Å². The van der Waals surface area contributed by atoms with E-state index < -0.39 is 35.9 Å². The Hall–Kier alpha value is -4.28. The topological polar surface area (TPSA) is 114 Å². The minimum absolute atomic E-state index is 0.0896. The summed E-state index contributed by atoms with van der Waals surface area (Å²) in [6, 6.07) is 9.67. The van der Waals surface area contributed by atoms with Crippen molar-refractivity contribution in [3.05, 3.63) is 82.8 Å². The smallest absolute Gasteiger partial charge is 0.322 e. The average Bonchev–Trinajstić information content (AvgIpc) is 3.49. The van der Waals surface area contributed by atoms with Crippen molar-refractivity contribution in [1.29, 1.82) is 0 Å². The standard InChI is InChI=1S/C23H18F2N4O5/c24-8-17-19(34-12-26-17)10-33-18-4-2-1-3-16(18)23(21(31)27-22(32)28-23)11-29-9-13-5-6-14(25)7-15(13)20(29)30/h1-7,12H,8-11H2,(H2,27,28,31,32). The molecular weight excluding hydrogens is 450 g/mol. The normalized spacial score (nSPS) is 19.2. The number of imide groups is 1. The largest absolute Gasteiger partial charge is 0.485 e. The van der Waals surface area contributed by atoms with Gasteiger partial charge in [0.25, 0.3) is 11.8 Å². The molecule has 5 rings (SSSR count). The summed E-state index contributed by atoms with van der Waals surface area (Å²) in [4.78, 5) is 43.4. The maximum Gasteiger partial charge on any atom is 0.322 e. The van der Waals surface area contributed by atoms with E-state index in [0.29, 0.717) is 5.56 Å². The lowest BCUT2D eigenvalue weighted by molar-refractivity contribution is -0.124. The van der Waals surface area contributed by atoms with Crippen LogP contribution in [-0.2, 0) is 30.2 Å². The van der Waals surface area contributed by atoms with Gasteiger partial charge in [0, 0.05) is 17.7 Å². The zero-order chi connectivity index (χ0) is 23.9. The van der Waals surface area contributed by atoms with Gasteiger partial charge < -0.3 is 19.4 Å². The minimum atomic E-state index is -1.67. The molecule has 2 N–H and O–H groups in total. The lowest BCUT2D eigenvalue weighted by atomic mass is 9.88. The molecule has 0 radical (unpaired) electrons. The van der Waals surface area contributed by atoms with Crippen LogP contribution in [0.25, 0.3) is 0 Å². The molecule has 1 saturated heterocycles. The Labute approximate surface area is 191 Å². The lowest BCUT2D eigenvalue weighted by Gasteiger charge is -2.32. The van der Waals surface area contributed by atoms with Crippen LogP contribution in [0.5, 0.6) is 5.75 Å². The Morgan fingerprint density at radius 3 is 2.76 bits per heavy atom. The number of benzene rings is 2. The van der Waals surface area contributed by atoms with Gasteiger partial charge in [-0.1, -0.05) is 24.3 Å². The monoisotopic (exact) mass is 468 g/mol. The maximum atomic E-state index is 13.7. The molecule has 1 unspecified atom stereocenters. The summed E-state index contributed by atoms with van der Waals surface area (Å²) in [5, 5.41) is 4.85. The molecule has 4 amide bonds. The highest BCUT2D eigenvalue weighted by molar-refractivity contribution is 6.08. The molecule has 9 nitrogen and oxygen atoms in total. The SMILES string of the molecule is O=C1NC(=O)C(CN2Cc3ccc(F)cc3C2=O)(c2ccccc2OCc2ocnc2CF)N1. The molecule has 2 aliphatic heterocycles. The molecule has 0 bridgehead atoms. The van der Waals surface area contributed by atoms with Gasteiger partial charge in [0.05, 0.1) is 6.54 Å². The fraction of sp³-hybridized carbons (Fsp3) is 0.217. The van der Waals surface area contributed by atoms with E-state index >= 15 is 0 Å². The summed E-state index contributed by atoms with van der Waals surface area (Å²) in [5.41, 5.74) is -0.483. The Balaban J connectivity index is 1.49. The van der Waals surface area contributed by atoms with Crippen molar-refractivity contribution >= 4 is 17.8 Å². The average molecular weight is 468 g/mol. The van der Waals surface area contributed by atoms with E-state index in [9.17, 15) is 23.2 Å². The second kappa shape index (κ2) is 8.25. The number of hydrogen-bond donors (Lipinski definition) is 2. The molecule has 1 aromatic heterocycles. The zero-order valence-corrected chi connectivity index (χ0v) is 17.6. The van der Waals surface area contributed by atoms with Gasteiger partial charge in [0.2, 0.25) is 0 Å². The van der Waals surface area contributed by atoms with Crippen molar-refractivity contribution < 1.29 is 32.3 Å². The van der Waals surface area contributed by atoms with Crippen LogP contribution in [0.15, 0.2) is 53.3 Å². The Morgan fingerprint density at radius 1 is 1.18 bits per heavy atom. The number of nitrogens with zero attached hydrogens (tertiary/aromatic N) is 2. The van der Waals surface area contributed by atoms with Crippen LogP contribution in [0.3, 0.4) is 0 Å². The Bertz CT molecular complexity index is 1310. The molecule has 0 aliphatic carbocycles. The fourth-order valence-corrected chi connectivity index (χ4v) is 4.23. The molecule has 11 heteroatoms. The molecule has 34 heavy (non-hydrogen) atoms. The lowest BCUT2D eigenvalue weighted by Crippen LogP contribution is -2.52. The molecule has 2 aromatic carbocycles. The summed E-state index contributed by atoms with van der Waals surface area (Å²) in [5.74, 6) is -1.29. The third kappa shape index (κ3) is 3.54. The summed E-state index contributed by atoms with van der Waals surface area (Å²) in [6.45, 7) is -1.09. The minimum Gasteiger partial charge on any atom is -0.485 e. The molecule has 3 heterocycles. The fourth-order valence-electron chi connectivity index (χ4n) is 4.23. The number of carbonyl (C=O) groups excluding carboxylic acids is 3. The third-order valence-corrected chi connectivity index (χ3v) is 5.88. The van der Waals surface area contributed by atoms with Crippen LogP contribution >= 0.6 is 0 Å². The first-order chi connectivity index (χ1) is 16.4. The van der Waals surface area contributed by atoms with Gasteiger partial charge in [-0.25, -0.2) is 18.6 Å². The number of fused-ring (bicyclic) bond motifs is 1. The molecule has 1 atom stereocenters. The molecule has 3 aromatic rings. The Kier molecular flexibility index (Phi) is 5.23. The van der Waals surface area contributed by atoms with E-state index in [2.05, 4.69) is 15.6 Å². The highest BCUT2D eigenvalue weighted by Gasteiger charge is 2.52. The number of halogens is 2. The van der Waals surface area contributed by atoms with E-state index in [1.807, 2.05) is 0 Å². The van der Waals surface area contributed by atoms with E-state index in [0.717, 1.165) is 12.5 Å². The number of nitrogens with one attached hydrogen (secondary N) is 2. The molecule has 0 spiro atoms. The van der Waals surface area contributed by atoms with Crippen LogP contribution in [0.1, 0.15) is 32.9 Å². The van der Waals surface area contributed by atoms with Crippen molar-refractivity contribution in [3.8, 4) is 5.75 Å². The number of aromatic nitrogens is 1. The van der Waals surface area contributed by atoms with E-state index in [1.54, 1.807) is 24.3 Å². The Morgan fingerprint density at radius 2 is 2.00 bits per heavy atom. The first-order valence-electron chi connectivity index (χ1n) is 10.3. The van der Waals surface area contributed by atoms with Gasteiger partial charge in [0.1, 0.15) is 30.5 Å². The van der Waals surface area contributed by atoms with E-state index in [1.165, 1.54) is 17.0 Å². The number of urea groups is 1. The van der Waals surface area contributed by atoms with Gasteiger partial charge in [-0.15, -0.1) is 0 Å². The van der Waals surface area contributed by atoms with Crippen LogP contribution in [0.2, 0.25) is 0 Å².